The van der Waals surface area contributed by atoms with E-state index in [1.807, 2.05) is 59.7 Å². The lowest BCUT2D eigenvalue weighted by Crippen LogP contribution is -2.31. The number of ether oxygens (including phenoxy) is 1. The Morgan fingerprint density at radius 2 is 1.96 bits per heavy atom. The van der Waals surface area contributed by atoms with Gasteiger partial charge in [-0.05, 0) is 59.1 Å². The van der Waals surface area contributed by atoms with Crippen LogP contribution in [0.3, 0.4) is 0 Å². The van der Waals surface area contributed by atoms with Gasteiger partial charge in [0.05, 0.1) is 25.8 Å². The van der Waals surface area contributed by atoms with Gasteiger partial charge >= 0.3 is 0 Å². The first-order valence-electron chi connectivity index (χ1n) is 8.27. The van der Waals surface area contributed by atoms with Crippen LogP contribution in [0.4, 0.5) is 0 Å². The number of amides is 1. The quantitative estimate of drug-likeness (QED) is 0.597. The Kier molecular flexibility index (Phi) is 5.90. The van der Waals surface area contributed by atoms with Crippen LogP contribution in [0.15, 0.2) is 63.9 Å². The van der Waals surface area contributed by atoms with Crippen LogP contribution in [0, 0.1) is 0 Å². The molecule has 0 atom stereocenters. The predicted molar refractivity (Wildman–Crippen MR) is 98.6 cm³/mol. The average molecular weight is 355 g/mol. The van der Waals surface area contributed by atoms with Crippen molar-refractivity contribution >= 4 is 17.2 Å². The summed E-state index contributed by atoms with van der Waals surface area (Å²) in [6.07, 6.45) is 1.99. The van der Waals surface area contributed by atoms with E-state index in [-0.39, 0.29) is 5.91 Å². The highest BCUT2D eigenvalue weighted by Crippen LogP contribution is 2.17. The second-order valence-corrected chi connectivity index (χ2v) is 6.49. The summed E-state index contributed by atoms with van der Waals surface area (Å²) in [5.74, 6) is 1.69. The Hall–Kier alpha value is -2.53. The zero-order valence-electron chi connectivity index (χ0n) is 14.2. The summed E-state index contributed by atoms with van der Waals surface area (Å²) in [5.41, 5.74) is 2.11. The largest absolute Gasteiger partial charge is 0.494 e. The molecule has 0 fully saturated rings. The van der Waals surface area contributed by atoms with E-state index in [0.29, 0.717) is 26.1 Å². The lowest BCUT2D eigenvalue weighted by Gasteiger charge is -2.21. The van der Waals surface area contributed by atoms with Crippen molar-refractivity contribution in [2.75, 3.05) is 6.61 Å². The summed E-state index contributed by atoms with van der Waals surface area (Å²) in [5, 5.41) is 4.09. The molecule has 1 aromatic carbocycles. The van der Waals surface area contributed by atoms with Crippen molar-refractivity contribution in [1.29, 1.82) is 0 Å². The fourth-order valence-corrected chi connectivity index (χ4v) is 3.24. The van der Waals surface area contributed by atoms with Crippen molar-refractivity contribution in [3.8, 4) is 5.75 Å². The Morgan fingerprint density at radius 3 is 2.60 bits per heavy atom. The van der Waals surface area contributed by atoms with Gasteiger partial charge in [0, 0.05) is 6.54 Å². The first-order valence-corrected chi connectivity index (χ1v) is 9.22. The molecule has 25 heavy (non-hydrogen) atoms. The van der Waals surface area contributed by atoms with Gasteiger partial charge in [-0.15, -0.1) is 0 Å². The van der Waals surface area contributed by atoms with E-state index in [1.54, 1.807) is 17.6 Å². The smallest absolute Gasteiger partial charge is 0.227 e. The summed E-state index contributed by atoms with van der Waals surface area (Å²) in [6.45, 7) is 3.64. The number of nitrogens with zero attached hydrogens (tertiary/aromatic N) is 1. The minimum absolute atomic E-state index is 0.0757. The molecule has 0 N–H and O–H groups in total. The summed E-state index contributed by atoms with van der Waals surface area (Å²) in [6, 6.07) is 13.5. The van der Waals surface area contributed by atoms with E-state index in [1.165, 1.54) is 0 Å². The summed E-state index contributed by atoms with van der Waals surface area (Å²) < 4.78 is 10.9. The molecule has 4 nitrogen and oxygen atoms in total. The molecule has 0 aliphatic heterocycles. The molecular formula is C20H21NO3S. The van der Waals surface area contributed by atoms with Crippen LogP contribution in [0.1, 0.15) is 23.8 Å². The molecule has 2 aromatic heterocycles. The fourth-order valence-electron chi connectivity index (χ4n) is 2.58. The molecule has 0 saturated heterocycles. The van der Waals surface area contributed by atoms with E-state index < -0.39 is 0 Å². The number of hydrogen-bond donors (Lipinski definition) is 0. The lowest BCUT2D eigenvalue weighted by atomic mass is 10.1. The van der Waals surface area contributed by atoms with Crippen LogP contribution in [0.5, 0.6) is 5.75 Å². The van der Waals surface area contributed by atoms with Crippen LogP contribution in [0.25, 0.3) is 0 Å². The van der Waals surface area contributed by atoms with Gasteiger partial charge in [-0.1, -0.05) is 12.1 Å². The number of hydrogen-bond acceptors (Lipinski definition) is 4. The van der Waals surface area contributed by atoms with Crippen LogP contribution >= 0.6 is 11.3 Å². The standard InChI is InChI=1S/C20H21NO3S/c1-2-23-18-7-5-16(6-8-18)12-20(22)21(13-17-9-11-25-15-17)14-19-4-3-10-24-19/h3-11,15H,2,12-14H2,1H3. The molecule has 0 unspecified atom stereocenters. The molecular weight excluding hydrogens is 334 g/mol. The molecule has 0 radical (unpaired) electrons. The molecule has 3 rings (SSSR count). The maximum Gasteiger partial charge on any atom is 0.227 e. The molecule has 2 heterocycles. The van der Waals surface area contributed by atoms with E-state index in [0.717, 1.165) is 22.6 Å². The highest BCUT2D eigenvalue weighted by Gasteiger charge is 2.16. The van der Waals surface area contributed by atoms with Crippen molar-refractivity contribution in [2.45, 2.75) is 26.4 Å². The molecule has 0 saturated carbocycles. The Bertz CT molecular complexity index is 728. The third-order valence-corrected chi connectivity index (χ3v) is 4.55. The Morgan fingerprint density at radius 1 is 1.12 bits per heavy atom. The molecule has 5 heteroatoms. The van der Waals surface area contributed by atoms with Gasteiger partial charge in [0.15, 0.2) is 0 Å². The van der Waals surface area contributed by atoms with Crippen molar-refractivity contribution in [3.05, 3.63) is 76.4 Å². The fraction of sp³-hybridized carbons (Fsp3) is 0.250. The van der Waals surface area contributed by atoms with E-state index in [2.05, 4.69) is 5.38 Å². The van der Waals surface area contributed by atoms with Gasteiger partial charge in [0.25, 0.3) is 0 Å². The number of rotatable bonds is 8. The predicted octanol–water partition coefficient (Wildman–Crippen LogP) is 4.51. The minimum Gasteiger partial charge on any atom is -0.494 e. The SMILES string of the molecule is CCOc1ccc(CC(=O)N(Cc2ccsc2)Cc2ccco2)cc1. The average Bonchev–Trinajstić information content (AvgIpc) is 3.30. The maximum absolute atomic E-state index is 12.8. The first kappa shape index (κ1) is 17.3. The number of furan rings is 1. The van der Waals surface area contributed by atoms with Crippen LogP contribution in [0.2, 0.25) is 0 Å². The Balaban J connectivity index is 1.69. The number of benzene rings is 1. The minimum atomic E-state index is 0.0757. The zero-order valence-corrected chi connectivity index (χ0v) is 15.0. The lowest BCUT2D eigenvalue weighted by molar-refractivity contribution is -0.132. The first-order chi connectivity index (χ1) is 12.2. The van der Waals surface area contributed by atoms with Crippen molar-refractivity contribution in [2.24, 2.45) is 0 Å². The van der Waals surface area contributed by atoms with E-state index in [9.17, 15) is 4.79 Å². The molecule has 0 aliphatic rings. The normalized spacial score (nSPS) is 10.6. The second-order valence-electron chi connectivity index (χ2n) is 5.71. The van der Waals surface area contributed by atoms with Gasteiger partial charge in [-0.2, -0.15) is 11.3 Å². The molecule has 1 amide bonds. The van der Waals surface area contributed by atoms with Crippen molar-refractivity contribution in [3.63, 3.8) is 0 Å². The molecule has 0 spiro atoms. The number of carbonyl (C=O) groups excluding carboxylic acids is 1. The van der Waals surface area contributed by atoms with Gasteiger partial charge in [0.1, 0.15) is 11.5 Å². The highest BCUT2D eigenvalue weighted by atomic mass is 32.1. The highest BCUT2D eigenvalue weighted by molar-refractivity contribution is 7.07. The Labute approximate surface area is 151 Å². The van der Waals surface area contributed by atoms with Crippen molar-refractivity contribution in [1.82, 2.24) is 4.90 Å². The summed E-state index contributed by atoms with van der Waals surface area (Å²) >= 11 is 1.64. The van der Waals surface area contributed by atoms with Crippen molar-refractivity contribution < 1.29 is 13.9 Å². The van der Waals surface area contributed by atoms with E-state index in [4.69, 9.17) is 9.15 Å². The zero-order chi connectivity index (χ0) is 17.5. The summed E-state index contributed by atoms with van der Waals surface area (Å²) in [7, 11) is 0. The van der Waals surface area contributed by atoms with Crippen LogP contribution < -0.4 is 4.74 Å². The van der Waals surface area contributed by atoms with E-state index >= 15 is 0 Å². The monoisotopic (exact) mass is 355 g/mol. The maximum atomic E-state index is 12.8. The van der Waals surface area contributed by atoms with Gasteiger partial charge in [0.2, 0.25) is 5.91 Å². The molecule has 0 bridgehead atoms. The number of carbonyl (C=O) groups is 1. The van der Waals surface area contributed by atoms with Gasteiger partial charge in [-0.25, -0.2) is 0 Å². The third-order valence-electron chi connectivity index (χ3n) is 3.82. The third kappa shape index (κ3) is 4.97. The molecule has 0 aliphatic carbocycles. The van der Waals surface area contributed by atoms with Crippen LogP contribution in [-0.4, -0.2) is 17.4 Å². The summed E-state index contributed by atoms with van der Waals surface area (Å²) in [4.78, 5) is 14.7. The van der Waals surface area contributed by atoms with Gasteiger partial charge in [-0.3, -0.25) is 4.79 Å². The van der Waals surface area contributed by atoms with Crippen LogP contribution in [-0.2, 0) is 24.3 Å². The second kappa shape index (κ2) is 8.53. The molecule has 3 aromatic rings. The number of thiophene rings is 1. The van der Waals surface area contributed by atoms with Gasteiger partial charge < -0.3 is 14.1 Å². The topological polar surface area (TPSA) is 42.7 Å². The molecule has 130 valence electrons.